The van der Waals surface area contributed by atoms with E-state index in [-0.39, 0.29) is 0 Å². The molecule has 116 valence electrons. The fourth-order valence-electron chi connectivity index (χ4n) is 2.80. The van der Waals surface area contributed by atoms with Crippen LogP contribution in [0.2, 0.25) is 0 Å². The Morgan fingerprint density at radius 1 is 1.38 bits per heavy atom. The predicted molar refractivity (Wildman–Crippen MR) is 84.2 cm³/mol. The van der Waals surface area contributed by atoms with E-state index in [0.717, 1.165) is 37.4 Å². The summed E-state index contributed by atoms with van der Waals surface area (Å²) in [6.07, 6.45) is 4.28. The van der Waals surface area contributed by atoms with Crippen molar-refractivity contribution in [2.75, 3.05) is 25.0 Å². The number of likely N-dealkylation sites (tertiary alicyclic amines) is 1. The second-order valence-electron chi connectivity index (χ2n) is 6.34. The highest BCUT2D eigenvalue weighted by molar-refractivity contribution is 5.76. The molecule has 0 radical (unpaired) electrons. The van der Waals surface area contributed by atoms with Crippen LogP contribution in [-0.2, 0) is 4.79 Å². The van der Waals surface area contributed by atoms with Crippen LogP contribution in [0.5, 0.6) is 0 Å². The lowest BCUT2D eigenvalue weighted by Gasteiger charge is -2.37. The minimum Gasteiger partial charge on any atom is -0.356 e. The van der Waals surface area contributed by atoms with Gasteiger partial charge in [0, 0.05) is 44.4 Å². The molecule has 0 bridgehead atoms. The molecule has 0 aromatic carbocycles. The van der Waals surface area contributed by atoms with Gasteiger partial charge in [0.2, 0.25) is 5.91 Å². The summed E-state index contributed by atoms with van der Waals surface area (Å²) in [7, 11) is 2.08. The predicted octanol–water partition coefficient (Wildman–Crippen LogP) is 2.26. The van der Waals surface area contributed by atoms with Gasteiger partial charge in [-0.25, -0.2) is 9.97 Å². The van der Waals surface area contributed by atoms with Crippen molar-refractivity contribution in [3.8, 4) is 0 Å². The summed E-state index contributed by atoms with van der Waals surface area (Å²) in [4.78, 5) is 24.8. The number of piperidine rings is 1. The van der Waals surface area contributed by atoms with E-state index in [0.29, 0.717) is 24.3 Å². The molecule has 21 heavy (non-hydrogen) atoms. The fourth-order valence-corrected chi connectivity index (χ4v) is 2.80. The van der Waals surface area contributed by atoms with Gasteiger partial charge in [-0.05, 0) is 25.7 Å². The number of hydrogen-bond donors (Lipinski definition) is 0. The summed E-state index contributed by atoms with van der Waals surface area (Å²) >= 11 is 0. The highest BCUT2D eigenvalue weighted by Gasteiger charge is 2.26. The number of aryl methyl sites for hydroxylation is 1. The van der Waals surface area contributed by atoms with Gasteiger partial charge in [-0.15, -0.1) is 0 Å². The molecule has 1 aliphatic heterocycles. The van der Waals surface area contributed by atoms with E-state index in [1.807, 2.05) is 17.9 Å². The first-order valence-corrected chi connectivity index (χ1v) is 7.76. The van der Waals surface area contributed by atoms with Crippen molar-refractivity contribution in [2.24, 2.45) is 5.92 Å². The number of amides is 1. The molecule has 2 rings (SSSR count). The molecule has 1 fully saturated rings. The molecular formula is C16H26N4O. The van der Waals surface area contributed by atoms with Crippen LogP contribution >= 0.6 is 0 Å². The lowest BCUT2D eigenvalue weighted by molar-refractivity contribution is -0.133. The van der Waals surface area contributed by atoms with Gasteiger partial charge in [-0.3, -0.25) is 4.79 Å². The SMILES string of the molecule is Cc1cc(N(C)C2CCN(C(=O)CC(C)C)CC2)ncn1. The van der Waals surface area contributed by atoms with Crippen molar-refractivity contribution in [1.29, 1.82) is 0 Å². The van der Waals surface area contributed by atoms with Crippen molar-refractivity contribution < 1.29 is 4.79 Å². The van der Waals surface area contributed by atoms with Gasteiger partial charge in [0.15, 0.2) is 0 Å². The van der Waals surface area contributed by atoms with Crippen LogP contribution in [0.3, 0.4) is 0 Å². The van der Waals surface area contributed by atoms with Gasteiger partial charge in [0.05, 0.1) is 0 Å². The average Bonchev–Trinajstić information content (AvgIpc) is 2.46. The van der Waals surface area contributed by atoms with Crippen LogP contribution < -0.4 is 4.90 Å². The van der Waals surface area contributed by atoms with Crippen molar-refractivity contribution in [3.63, 3.8) is 0 Å². The third-order valence-corrected chi connectivity index (χ3v) is 4.10. The van der Waals surface area contributed by atoms with Crippen molar-refractivity contribution in [1.82, 2.24) is 14.9 Å². The zero-order chi connectivity index (χ0) is 15.4. The van der Waals surface area contributed by atoms with Crippen LogP contribution in [0.15, 0.2) is 12.4 Å². The lowest BCUT2D eigenvalue weighted by Crippen LogP contribution is -2.46. The Kier molecular flexibility index (Phi) is 5.15. The van der Waals surface area contributed by atoms with Crippen molar-refractivity contribution in [3.05, 3.63) is 18.1 Å². The molecule has 1 aromatic rings. The van der Waals surface area contributed by atoms with Gasteiger partial charge in [-0.2, -0.15) is 0 Å². The Bertz CT molecular complexity index is 481. The maximum atomic E-state index is 12.1. The third-order valence-electron chi connectivity index (χ3n) is 4.10. The Morgan fingerprint density at radius 2 is 2.05 bits per heavy atom. The van der Waals surface area contributed by atoms with Gasteiger partial charge in [0.1, 0.15) is 12.1 Å². The second-order valence-corrected chi connectivity index (χ2v) is 6.34. The molecule has 5 heteroatoms. The molecule has 1 amide bonds. The smallest absolute Gasteiger partial charge is 0.222 e. The van der Waals surface area contributed by atoms with Crippen molar-refractivity contribution >= 4 is 11.7 Å². The number of carbonyl (C=O) groups excluding carboxylic acids is 1. The summed E-state index contributed by atoms with van der Waals surface area (Å²) in [5.41, 5.74) is 0.983. The first-order valence-electron chi connectivity index (χ1n) is 7.76. The van der Waals surface area contributed by atoms with Gasteiger partial charge >= 0.3 is 0 Å². The Hall–Kier alpha value is -1.65. The Morgan fingerprint density at radius 3 is 2.62 bits per heavy atom. The molecule has 0 spiro atoms. The number of nitrogens with zero attached hydrogens (tertiary/aromatic N) is 4. The van der Waals surface area contributed by atoms with Crippen LogP contribution in [0.25, 0.3) is 0 Å². The normalized spacial score (nSPS) is 16.3. The van der Waals surface area contributed by atoms with E-state index in [4.69, 9.17) is 0 Å². The molecule has 2 heterocycles. The van der Waals surface area contributed by atoms with Crippen LogP contribution in [0, 0.1) is 12.8 Å². The van der Waals surface area contributed by atoms with Gasteiger partial charge in [0.25, 0.3) is 0 Å². The summed E-state index contributed by atoms with van der Waals surface area (Å²) in [5.74, 6) is 1.69. The highest BCUT2D eigenvalue weighted by atomic mass is 16.2. The minimum absolute atomic E-state index is 0.295. The summed E-state index contributed by atoms with van der Waals surface area (Å²) in [6, 6.07) is 2.46. The summed E-state index contributed by atoms with van der Waals surface area (Å²) < 4.78 is 0. The van der Waals surface area contributed by atoms with Crippen LogP contribution in [0.1, 0.15) is 38.8 Å². The van der Waals surface area contributed by atoms with Gasteiger partial charge in [-0.1, -0.05) is 13.8 Å². The zero-order valence-corrected chi connectivity index (χ0v) is 13.5. The van der Waals surface area contributed by atoms with Crippen LogP contribution in [-0.4, -0.2) is 47.0 Å². The molecule has 0 N–H and O–H groups in total. The number of rotatable bonds is 4. The molecular weight excluding hydrogens is 264 g/mol. The number of anilines is 1. The second kappa shape index (κ2) is 6.87. The number of carbonyl (C=O) groups is 1. The minimum atomic E-state index is 0.295. The van der Waals surface area contributed by atoms with E-state index in [9.17, 15) is 4.79 Å². The number of hydrogen-bond acceptors (Lipinski definition) is 4. The van der Waals surface area contributed by atoms with E-state index >= 15 is 0 Å². The lowest BCUT2D eigenvalue weighted by atomic mass is 10.0. The molecule has 1 aliphatic rings. The summed E-state index contributed by atoms with van der Waals surface area (Å²) in [5, 5.41) is 0. The summed E-state index contributed by atoms with van der Waals surface area (Å²) in [6.45, 7) is 7.87. The molecule has 1 saturated heterocycles. The molecule has 1 aromatic heterocycles. The van der Waals surface area contributed by atoms with Gasteiger partial charge < -0.3 is 9.80 Å². The molecule has 0 saturated carbocycles. The molecule has 5 nitrogen and oxygen atoms in total. The van der Waals surface area contributed by atoms with E-state index in [2.05, 4.69) is 35.8 Å². The molecule has 0 atom stereocenters. The Labute approximate surface area is 127 Å². The largest absolute Gasteiger partial charge is 0.356 e. The Balaban J connectivity index is 1.90. The van der Waals surface area contributed by atoms with Crippen LogP contribution in [0.4, 0.5) is 5.82 Å². The fraction of sp³-hybridized carbons (Fsp3) is 0.688. The van der Waals surface area contributed by atoms with Crippen molar-refractivity contribution in [2.45, 2.75) is 46.1 Å². The van der Waals surface area contributed by atoms with E-state index in [1.54, 1.807) is 6.33 Å². The maximum absolute atomic E-state index is 12.1. The first-order chi connectivity index (χ1) is 9.97. The maximum Gasteiger partial charge on any atom is 0.222 e. The third kappa shape index (κ3) is 4.16. The number of aromatic nitrogens is 2. The van der Waals surface area contributed by atoms with E-state index < -0.39 is 0 Å². The quantitative estimate of drug-likeness (QED) is 0.853. The standard InChI is InChI=1S/C16H26N4O/c1-12(2)9-16(21)20-7-5-14(6-8-20)19(4)15-10-13(3)17-11-18-15/h10-12,14H,5-9H2,1-4H3. The molecule has 0 unspecified atom stereocenters. The zero-order valence-electron chi connectivity index (χ0n) is 13.5. The molecule has 0 aliphatic carbocycles. The monoisotopic (exact) mass is 290 g/mol. The first kappa shape index (κ1) is 15.7. The highest BCUT2D eigenvalue weighted by Crippen LogP contribution is 2.21. The van der Waals surface area contributed by atoms with E-state index in [1.165, 1.54) is 0 Å². The average molecular weight is 290 g/mol. The topological polar surface area (TPSA) is 49.3 Å².